The molecule has 0 unspecified atom stereocenters. The lowest BCUT2D eigenvalue weighted by molar-refractivity contribution is 0.0601. The van der Waals surface area contributed by atoms with Gasteiger partial charge in [0.1, 0.15) is 17.3 Å². The topological polar surface area (TPSA) is 88.2 Å². The number of nitrogens with zero attached hydrogens (tertiary/aromatic N) is 4. The second-order valence-electron chi connectivity index (χ2n) is 7.20. The summed E-state index contributed by atoms with van der Waals surface area (Å²) in [4.78, 5) is 30.9. The summed E-state index contributed by atoms with van der Waals surface area (Å²) in [6.07, 6.45) is 2.27. The fraction of sp³-hybridized carbons (Fsp3) is 0.273. The number of aryl methyl sites for hydroxylation is 1. The van der Waals surface area contributed by atoms with Gasteiger partial charge in [0.05, 0.1) is 23.9 Å². The fourth-order valence-electron chi connectivity index (χ4n) is 3.38. The Morgan fingerprint density at radius 1 is 1.28 bits per heavy atom. The van der Waals surface area contributed by atoms with Gasteiger partial charge in [0, 0.05) is 25.3 Å². The van der Waals surface area contributed by atoms with Crippen LogP contribution in [0.4, 0.5) is 11.4 Å². The van der Waals surface area contributed by atoms with Crippen LogP contribution in [0.15, 0.2) is 47.3 Å². The molecule has 29 heavy (non-hydrogen) atoms. The summed E-state index contributed by atoms with van der Waals surface area (Å²) < 4.78 is 6.30. The molecule has 1 aromatic carbocycles. The normalized spacial score (nSPS) is 13.1. The molecule has 2 heterocycles. The van der Waals surface area contributed by atoms with Crippen LogP contribution in [0.25, 0.3) is 11.0 Å². The Labute approximate surface area is 167 Å². The summed E-state index contributed by atoms with van der Waals surface area (Å²) in [5, 5.41) is 9.29. The van der Waals surface area contributed by atoms with Crippen molar-refractivity contribution in [2.24, 2.45) is 13.0 Å². The molecule has 1 aliphatic rings. The minimum Gasteiger partial charge on any atom is -0.465 e. The lowest BCUT2D eigenvalue weighted by Crippen LogP contribution is -2.25. The number of carbonyl (C=O) groups excluding carboxylic acids is 1. The van der Waals surface area contributed by atoms with Crippen molar-refractivity contribution in [2.45, 2.75) is 12.8 Å². The summed E-state index contributed by atoms with van der Waals surface area (Å²) in [5.41, 5.74) is 3.39. The average Bonchev–Trinajstić information content (AvgIpc) is 3.58. The second kappa shape index (κ2) is 7.40. The summed E-state index contributed by atoms with van der Waals surface area (Å²) >= 11 is 0. The van der Waals surface area contributed by atoms with Crippen LogP contribution in [0.2, 0.25) is 0 Å². The minimum atomic E-state index is -0.398. The summed E-state index contributed by atoms with van der Waals surface area (Å²) in [7, 11) is 3.04. The van der Waals surface area contributed by atoms with Gasteiger partial charge in [0.2, 0.25) is 0 Å². The number of fused-ring (bicyclic) bond motifs is 1. The van der Waals surface area contributed by atoms with Gasteiger partial charge >= 0.3 is 5.97 Å². The van der Waals surface area contributed by atoms with Crippen LogP contribution in [0.5, 0.6) is 0 Å². The van der Waals surface area contributed by atoms with Gasteiger partial charge in [0.15, 0.2) is 0 Å². The van der Waals surface area contributed by atoms with E-state index in [0.717, 1.165) is 25.1 Å². The molecule has 0 bridgehead atoms. The van der Waals surface area contributed by atoms with Gasteiger partial charge in [-0.2, -0.15) is 5.26 Å². The Hall–Kier alpha value is -3.66. The molecular formula is C22H20N4O3. The molecule has 0 atom stereocenters. The SMILES string of the molecule is COC(=O)c1ccc(N(CC2CC2)c2cc(=O)n(C)c3ccc(C#N)nc23)cc1. The molecule has 1 fully saturated rings. The highest BCUT2D eigenvalue weighted by molar-refractivity contribution is 5.92. The van der Waals surface area contributed by atoms with Crippen LogP contribution in [0.3, 0.4) is 0 Å². The van der Waals surface area contributed by atoms with Crippen molar-refractivity contribution >= 4 is 28.4 Å². The molecule has 0 aliphatic heterocycles. The molecule has 1 aliphatic carbocycles. The second-order valence-corrected chi connectivity index (χ2v) is 7.20. The average molecular weight is 388 g/mol. The monoisotopic (exact) mass is 388 g/mol. The van der Waals surface area contributed by atoms with Crippen LogP contribution < -0.4 is 10.5 Å². The molecule has 7 nitrogen and oxygen atoms in total. The molecule has 1 saturated carbocycles. The van der Waals surface area contributed by atoms with E-state index in [4.69, 9.17) is 4.74 Å². The molecule has 0 N–H and O–H groups in total. The highest BCUT2D eigenvalue weighted by Gasteiger charge is 2.27. The minimum absolute atomic E-state index is 0.147. The standard InChI is InChI=1S/C22H20N4O3/c1-25-18-10-7-16(12-23)24-21(18)19(11-20(25)27)26(13-14-3-4-14)17-8-5-15(6-9-17)22(28)29-2/h5-11,14H,3-4,13H2,1-2H3. The number of ether oxygens (including phenoxy) is 1. The van der Waals surface area contributed by atoms with Crippen molar-refractivity contribution < 1.29 is 9.53 Å². The zero-order chi connectivity index (χ0) is 20.5. The number of rotatable bonds is 5. The largest absolute Gasteiger partial charge is 0.465 e. The molecule has 4 rings (SSSR count). The van der Waals surface area contributed by atoms with Crippen LogP contribution in [-0.4, -0.2) is 29.2 Å². The molecule has 0 spiro atoms. The van der Waals surface area contributed by atoms with Gasteiger partial charge in [-0.3, -0.25) is 4.79 Å². The third-order valence-electron chi connectivity index (χ3n) is 5.21. The molecule has 3 aromatic rings. The number of nitriles is 1. The van der Waals surface area contributed by atoms with E-state index >= 15 is 0 Å². The van der Waals surface area contributed by atoms with E-state index in [0.29, 0.717) is 33.9 Å². The van der Waals surface area contributed by atoms with E-state index in [1.807, 2.05) is 12.1 Å². The molecule has 0 amide bonds. The Morgan fingerprint density at radius 3 is 2.62 bits per heavy atom. The van der Waals surface area contributed by atoms with Gasteiger partial charge in [-0.1, -0.05) is 0 Å². The fourth-order valence-corrected chi connectivity index (χ4v) is 3.38. The number of aromatic nitrogens is 2. The highest BCUT2D eigenvalue weighted by atomic mass is 16.5. The van der Waals surface area contributed by atoms with E-state index in [2.05, 4.69) is 16.0 Å². The number of anilines is 2. The van der Waals surface area contributed by atoms with Gasteiger partial charge in [-0.15, -0.1) is 0 Å². The Morgan fingerprint density at radius 2 is 2.00 bits per heavy atom. The van der Waals surface area contributed by atoms with Crippen molar-refractivity contribution in [1.29, 1.82) is 5.26 Å². The quantitative estimate of drug-likeness (QED) is 0.624. The molecular weight excluding hydrogens is 368 g/mol. The van der Waals surface area contributed by atoms with Crippen molar-refractivity contribution in [3.63, 3.8) is 0 Å². The van der Waals surface area contributed by atoms with E-state index in [9.17, 15) is 14.9 Å². The van der Waals surface area contributed by atoms with Gasteiger partial charge in [0.25, 0.3) is 5.56 Å². The number of pyridine rings is 2. The van der Waals surface area contributed by atoms with E-state index in [-0.39, 0.29) is 5.56 Å². The number of carbonyl (C=O) groups is 1. The van der Waals surface area contributed by atoms with Gasteiger partial charge < -0.3 is 14.2 Å². The van der Waals surface area contributed by atoms with E-state index in [1.165, 1.54) is 11.7 Å². The number of benzene rings is 1. The zero-order valence-electron chi connectivity index (χ0n) is 16.3. The molecule has 0 saturated heterocycles. The third kappa shape index (κ3) is 3.57. The highest BCUT2D eigenvalue weighted by Crippen LogP contribution is 2.37. The van der Waals surface area contributed by atoms with Crippen LogP contribution in [0.1, 0.15) is 28.9 Å². The first-order chi connectivity index (χ1) is 14.0. The maximum atomic E-state index is 12.6. The van der Waals surface area contributed by atoms with Crippen molar-refractivity contribution in [3.8, 4) is 6.07 Å². The molecule has 0 radical (unpaired) electrons. The summed E-state index contributed by atoms with van der Waals surface area (Å²) in [5.74, 6) is 0.137. The molecule has 2 aromatic heterocycles. The third-order valence-corrected chi connectivity index (χ3v) is 5.21. The van der Waals surface area contributed by atoms with Gasteiger partial charge in [-0.05, 0) is 55.2 Å². The molecule has 146 valence electrons. The first-order valence-corrected chi connectivity index (χ1v) is 9.38. The van der Waals surface area contributed by atoms with Gasteiger partial charge in [-0.25, -0.2) is 9.78 Å². The first kappa shape index (κ1) is 18.7. The predicted octanol–water partition coefficient (Wildman–Crippen LogP) is 3.14. The van der Waals surface area contributed by atoms with E-state index < -0.39 is 5.97 Å². The number of methoxy groups -OCH3 is 1. The maximum Gasteiger partial charge on any atom is 0.337 e. The Bertz CT molecular complexity index is 1190. The van der Waals surface area contributed by atoms with E-state index in [1.54, 1.807) is 37.4 Å². The summed E-state index contributed by atoms with van der Waals surface area (Å²) in [6.45, 7) is 0.734. The van der Waals surface area contributed by atoms with Crippen molar-refractivity contribution in [1.82, 2.24) is 9.55 Å². The van der Waals surface area contributed by atoms with Crippen molar-refractivity contribution in [3.05, 3.63) is 64.1 Å². The Balaban J connectivity index is 1.88. The van der Waals surface area contributed by atoms with Crippen LogP contribution in [-0.2, 0) is 11.8 Å². The van der Waals surface area contributed by atoms with Crippen molar-refractivity contribution in [2.75, 3.05) is 18.6 Å². The zero-order valence-corrected chi connectivity index (χ0v) is 16.3. The van der Waals surface area contributed by atoms with Crippen LogP contribution >= 0.6 is 0 Å². The van der Waals surface area contributed by atoms with Crippen LogP contribution in [0, 0.1) is 17.2 Å². The molecule has 7 heteroatoms. The predicted molar refractivity (Wildman–Crippen MR) is 109 cm³/mol. The smallest absolute Gasteiger partial charge is 0.337 e. The summed E-state index contributed by atoms with van der Waals surface area (Å²) in [6, 6.07) is 14.1. The number of hydrogen-bond acceptors (Lipinski definition) is 6. The Kier molecular flexibility index (Phi) is 4.77. The first-order valence-electron chi connectivity index (χ1n) is 9.38. The lowest BCUT2D eigenvalue weighted by atomic mass is 10.1. The lowest BCUT2D eigenvalue weighted by Gasteiger charge is -2.26. The number of esters is 1. The maximum absolute atomic E-state index is 12.6. The number of hydrogen-bond donors (Lipinski definition) is 0.